The Morgan fingerprint density at radius 1 is 1.58 bits per heavy atom. The molecule has 130 valence electrons. The summed E-state index contributed by atoms with van der Waals surface area (Å²) in [7, 11) is 3.98. The third-order valence-electron chi connectivity index (χ3n) is 4.89. The number of halogens is 2. The first-order valence-electron chi connectivity index (χ1n) is 7.78. The third kappa shape index (κ3) is 2.93. The van der Waals surface area contributed by atoms with E-state index in [1.807, 2.05) is 14.1 Å². The molecule has 3 atom stereocenters. The summed E-state index contributed by atoms with van der Waals surface area (Å²) in [4.78, 5) is 31.8. The molecule has 1 aromatic rings. The highest BCUT2D eigenvalue weighted by Crippen LogP contribution is 2.59. The van der Waals surface area contributed by atoms with Gasteiger partial charge >= 0.3 is 0 Å². The van der Waals surface area contributed by atoms with Gasteiger partial charge in [-0.25, -0.2) is 9.37 Å². The zero-order chi connectivity index (χ0) is 17.6. The van der Waals surface area contributed by atoms with Gasteiger partial charge in [0.05, 0.1) is 0 Å². The van der Waals surface area contributed by atoms with Crippen molar-refractivity contribution >= 4 is 34.1 Å². The molecule has 1 saturated carbocycles. The Bertz CT molecular complexity index is 699. The van der Waals surface area contributed by atoms with Gasteiger partial charge in [-0.1, -0.05) is 0 Å². The summed E-state index contributed by atoms with van der Waals surface area (Å²) in [6.07, 6.45) is 2.34. The summed E-state index contributed by atoms with van der Waals surface area (Å²) in [6, 6.07) is 0.928. The lowest BCUT2D eigenvalue weighted by atomic mass is 9.98. The fourth-order valence-electron chi connectivity index (χ4n) is 3.80. The number of aromatic nitrogens is 1. The smallest absolute Gasteiger partial charge is 0.248 e. The molecule has 0 bridgehead atoms. The number of fused-ring (bicyclic) bond motifs is 1. The Kier molecular flexibility index (Phi) is 4.37. The lowest BCUT2D eigenvalue weighted by molar-refractivity contribution is -0.128. The van der Waals surface area contributed by atoms with Gasteiger partial charge in [-0.15, -0.1) is 0 Å². The summed E-state index contributed by atoms with van der Waals surface area (Å²) in [5.74, 6) is -0.449. The average Bonchev–Trinajstić information content (AvgIpc) is 3.08. The van der Waals surface area contributed by atoms with Crippen LogP contribution in [-0.4, -0.2) is 59.8 Å². The molecule has 24 heavy (non-hydrogen) atoms. The first-order valence-corrected chi connectivity index (χ1v) is 8.58. The Hall–Kier alpha value is -1.54. The summed E-state index contributed by atoms with van der Waals surface area (Å²) >= 11 is 3.02. The highest BCUT2D eigenvalue weighted by atomic mass is 79.9. The molecular weight excluding hydrogens is 379 g/mol. The van der Waals surface area contributed by atoms with E-state index in [0.717, 1.165) is 19.4 Å². The van der Waals surface area contributed by atoms with Gasteiger partial charge < -0.3 is 15.1 Å². The molecule has 2 fully saturated rings. The predicted octanol–water partition coefficient (Wildman–Crippen LogP) is 1.78. The number of hydrogen-bond donors (Lipinski definition) is 1. The van der Waals surface area contributed by atoms with Gasteiger partial charge in [0.25, 0.3) is 0 Å². The van der Waals surface area contributed by atoms with E-state index in [1.165, 1.54) is 6.07 Å². The number of pyridine rings is 1. The second kappa shape index (κ2) is 6.07. The van der Waals surface area contributed by atoms with Crippen molar-refractivity contribution in [3.63, 3.8) is 0 Å². The molecule has 1 aliphatic heterocycles. The number of nitrogens with zero attached hydrogens (tertiary/aromatic N) is 3. The van der Waals surface area contributed by atoms with E-state index in [0.29, 0.717) is 17.8 Å². The van der Waals surface area contributed by atoms with Crippen molar-refractivity contribution < 1.29 is 14.0 Å². The van der Waals surface area contributed by atoms with Crippen LogP contribution in [0.4, 0.5) is 10.2 Å². The molecule has 6 nitrogen and oxygen atoms in total. The van der Waals surface area contributed by atoms with Crippen molar-refractivity contribution in [2.45, 2.75) is 31.8 Å². The maximum absolute atomic E-state index is 13.5. The molecular formula is C16H20BrFN4O2. The molecule has 0 aromatic carbocycles. The van der Waals surface area contributed by atoms with Gasteiger partial charge in [-0.05, 0) is 61.4 Å². The van der Waals surface area contributed by atoms with Crippen LogP contribution in [0.25, 0.3) is 0 Å². The van der Waals surface area contributed by atoms with Crippen LogP contribution < -0.4 is 5.32 Å². The highest BCUT2D eigenvalue weighted by molar-refractivity contribution is 9.10. The fourth-order valence-corrected chi connectivity index (χ4v) is 4.09. The third-order valence-corrected chi connectivity index (χ3v) is 5.44. The molecule has 0 spiro atoms. The van der Waals surface area contributed by atoms with Crippen LogP contribution in [0.15, 0.2) is 10.7 Å². The number of nitrogens with one attached hydrogen (secondary N) is 1. The number of rotatable bonds is 5. The SMILES string of the molecule is Cc1cc(F)c(Br)nc1NC(=O)[C@@H]1C[C@@]2(CN(C)C)C[C@H]2N1C=O. The molecule has 8 heteroatoms. The second-order valence-electron chi connectivity index (χ2n) is 7.01. The highest BCUT2D eigenvalue weighted by Gasteiger charge is 2.65. The van der Waals surface area contributed by atoms with E-state index in [2.05, 4.69) is 31.1 Å². The van der Waals surface area contributed by atoms with Gasteiger partial charge in [0.2, 0.25) is 12.3 Å². The van der Waals surface area contributed by atoms with Crippen molar-refractivity contribution in [1.29, 1.82) is 0 Å². The van der Waals surface area contributed by atoms with Crippen LogP contribution in [0, 0.1) is 18.2 Å². The topological polar surface area (TPSA) is 65.5 Å². The number of carbonyl (C=O) groups excluding carboxylic acids is 2. The molecule has 2 aliphatic rings. The van der Waals surface area contributed by atoms with Gasteiger partial charge in [0, 0.05) is 18.0 Å². The van der Waals surface area contributed by atoms with Crippen LogP contribution in [0.1, 0.15) is 18.4 Å². The number of amides is 2. The molecule has 2 heterocycles. The maximum Gasteiger partial charge on any atom is 0.248 e. The molecule has 0 radical (unpaired) electrons. The van der Waals surface area contributed by atoms with Crippen molar-refractivity contribution in [3.05, 3.63) is 22.1 Å². The van der Waals surface area contributed by atoms with Crippen LogP contribution in [-0.2, 0) is 9.59 Å². The normalized spacial score (nSPS) is 28.0. The minimum Gasteiger partial charge on any atom is -0.330 e. The first-order chi connectivity index (χ1) is 11.3. The molecule has 1 aromatic heterocycles. The molecule has 3 rings (SSSR count). The predicted molar refractivity (Wildman–Crippen MR) is 91.0 cm³/mol. The van der Waals surface area contributed by atoms with E-state index in [-0.39, 0.29) is 22.0 Å². The van der Waals surface area contributed by atoms with E-state index in [9.17, 15) is 14.0 Å². The number of likely N-dealkylation sites (tertiary alicyclic amines) is 1. The second-order valence-corrected chi connectivity index (χ2v) is 7.76. The van der Waals surface area contributed by atoms with E-state index >= 15 is 0 Å². The van der Waals surface area contributed by atoms with E-state index in [1.54, 1.807) is 11.8 Å². The molecule has 1 N–H and O–H groups in total. The number of aryl methyl sites for hydroxylation is 1. The number of carbonyl (C=O) groups is 2. The van der Waals surface area contributed by atoms with Crippen molar-refractivity contribution in [2.24, 2.45) is 5.41 Å². The van der Waals surface area contributed by atoms with Crippen LogP contribution in [0.2, 0.25) is 0 Å². The summed E-state index contributed by atoms with van der Waals surface area (Å²) in [6.45, 7) is 2.53. The number of anilines is 1. The van der Waals surface area contributed by atoms with Gasteiger partial charge in [-0.2, -0.15) is 0 Å². The van der Waals surface area contributed by atoms with Gasteiger partial charge in [0.15, 0.2) is 5.82 Å². The standard InChI is InChI=1S/C16H20BrFN4O2/c1-9-4-10(18)13(17)19-14(9)20-15(24)11-5-16(7-21(2)3)6-12(16)22(11)8-23/h4,8,11-12H,5-7H2,1-3H3,(H,19,20,24)/t11-,12+,16-/m0/s1. The molecule has 1 saturated heterocycles. The lowest BCUT2D eigenvalue weighted by Gasteiger charge is -2.23. The van der Waals surface area contributed by atoms with Crippen LogP contribution in [0.5, 0.6) is 0 Å². The van der Waals surface area contributed by atoms with E-state index in [4.69, 9.17) is 0 Å². The maximum atomic E-state index is 13.5. The molecule has 1 aliphatic carbocycles. The van der Waals surface area contributed by atoms with Crippen molar-refractivity contribution in [1.82, 2.24) is 14.8 Å². The minimum absolute atomic E-state index is 0.0122. The Balaban J connectivity index is 1.76. The first kappa shape index (κ1) is 17.3. The largest absolute Gasteiger partial charge is 0.330 e. The average molecular weight is 399 g/mol. The van der Waals surface area contributed by atoms with Gasteiger partial charge in [0.1, 0.15) is 16.5 Å². The number of piperidine rings is 1. The summed E-state index contributed by atoms with van der Waals surface area (Å²) in [5, 5.41) is 2.74. The van der Waals surface area contributed by atoms with Crippen LogP contribution in [0.3, 0.4) is 0 Å². The number of hydrogen-bond acceptors (Lipinski definition) is 4. The molecule has 0 unspecified atom stereocenters. The lowest BCUT2D eigenvalue weighted by Crippen LogP contribution is -2.41. The monoisotopic (exact) mass is 398 g/mol. The van der Waals surface area contributed by atoms with E-state index < -0.39 is 11.9 Å². The zero-order valence-corrected chi connectivity index (χ0v) is 15.4. The van der Waals surface area contributed by atoms with Crippen molar-refractivity contribution in [2.75, 3.05) is 26.0 Å². The Morgan fingerprint density at radius 3 is 2.92 bits per heavy atom. The zero-order valence-electron chi connectivity index (χ0n) is 13.8. The Morgan fingerprint density at radius 2 is 2.29 bits per heavy atom. The fraction of sp³-hybridized carbons (Fsp3) is 0.562. The molecule has 2 amide bonds. The van der Waals surface area contributed by atoms with Gasteiger partial charge in [-0.3, -0.25) is 9.59 Å². The quantitative estimate of drug-likeness (QED) is 0.606. The van der Waals surface area contributed by atoms with Crippen molar-refractivity contribution in [3.8, 4) is 0 Å². The Labute approximate surface area is 148 Å². The van der Waals surface area contributed by atoms with Crippen LogP contribution >= 0.6 is 15.9 Å². The summed E-state index contributed by atoms with van der Waals surface area (Å²) < 4.78 is 13.5. The minimum atomic E-state index is -0.508. The summed E-state index contributed by atoms with van der Waals surface area (Å²) in [5.41, 5.74) is 0.547.